The number of ether oxygens (including phenoxy) is 1. The second kappa shape index (κ2) is 8.41. The molecule has 0 spiro atoms. The average Bonchev–Trinajstić information content (AvgIpc) is 3.49. The highest BCUT2D eigenvalue weighted by atomic mass is 32.1. The van der Waals surface area contributed by atoms with E-state index >= 15 is 0 Å². The summed E-state index contributed by atoms with van der Waals surface area (Å²) in [6, 6.07) is 12.1. The Bertz CT molecular complexity index is 972. The van der Waals surface area contributed by atoms with Gasteiger partial charge in [-0.2, -0.15) is 0 Å². The molecule has 5 nitrogen and oxygen atoms in total. The molecule has 152 valence electrons. The Labute approximate surface area is 175 Å². The van der Waals surface area contributed by atoms with Crippen molar-refractivity contribution >= 4 is 17.2 Å². The summed E-state index contributed by atoms with van der Waals surface area (Å²) in [5.41, 5.74) is 1.82. The first-order valence-corrected chi connectivity index (χ1v) is 10.9. The van der Waals surface area contributed by atoms with Crippen LogP contribution in [0.5, 0.6) is 5.75 Å². The third-order valence-electron chi connectivity index (χ3n) is 5.82. The van der Waals surface area contributed by atoms with Gasteiger partial charge >= 0.3 is 0 Å². The number of nitrogens with zero attached hydrogens (tertiary/aromatic N) is 1. The van der Waals surface area contributed by atoms with Crippen molar-refractivity contribution in [1.29, 1.82) is 0 Å². The van der Waals surface area contributed by atoms with Crippen LogP contribution in [0.3, 0.4) is 0 Å². The smallest absolute Gasteiger partial charge is 0.236 e. The van der Waals surface area contributed by atoms with Gasteiger partial charge in [-0.3, -0.25) is 4.79 Å². The number of oxazole rings is 1. The van der Waals surface area contributed by atoms with E-state index in [4.69, 9.17) is 9.15 Å². The summed E-state index contributed by atoms with van der Waals surface area (Å²) >= 11 is 1.58. The summed E-state index contributed by atoms with van der Waals surface area (Å²) in [6.45, 7) is 2.47. The molecule has 0 aliphatic heterocycles. The Morgan fingerprint density at radius 1 is 1.24 bits per heavy atom. The van der Waals surface area contributed by atoms with Crippen LogP contribution < -0.4 is 10.1 Å². The second-order valence-electron chi connectivity index (χ2n) is 7.64. The largest absolute Gasteiger partial charge is 0.496 e. The topological polar surface area (TPSA) is 64.4 Å². The zero-order valence-electron chi connectivity index (χ0n) is 16.9. The van der Waals surface area contributed by atoms with Crippen molar-refractivity contribution < 1.29 is 13.9 Å². The quantitative estimate of drug-likeness (QED) is 0.602. The van der Waals surface area contributed by atoms with E-state index in [0.717, 1.165) is 23.5 Å². The average molecular weight is 411 g/mol. The summed E-state index contributed by atoms with van der Waals surface area (Å²) < 4.78 is 11.4. The van der Waals surface area contributed by atoms with Gasteiger partial charge in [0, 0.05) is 17.5 Å². The minimum Gasteiger partial charge on any atom is -0.496 e. The molecule has 2 aromatic heterocycles. The molecule has 4 rings (SSSR count). The number of aromatic nitrogens is 1. The van der Waals surface area contributed by atoms with Gasteiger partial charge in [0.1, 0.15) is 11.5 Å². The maximum atomic E-state index is 12.7. The Balaban J connectivity index is 1.46. The molecule has 0 bridgehead atoms. The molecule has 6 heteroatoms. The Kier molecular flexibility index (Phi) is 5.72. The molecule has 0 atom stereocenters. The number of carbonyl (C=O) groups is 1. The fourth-order valence-corrected chi connectivity index (χ4v) is 4.90. The van der Waals surface area contributed by atoms with Crippen LogP contribution >= 0.6 is 11.3 Å². The van der Waals surface area contributed by atoms with E-state index in [2.05, 4.69) is 16.4 Å². The first kappa shape index (κ1) is 19.7. The number of aryl methyl sites for hydroxylation is 1. The van der Waals surface area contributed by atoms with Gasteiger partial charge in [-0.1, -0.05) is 37.1 Å². The van der Waals surface area contributed by atoms with Crippen LogP contribution in [0.4, 0.5) is 0 Å². The molecule has 0 radical (unpaired) electrons. The van der Waals surface area contributed by atoms with Crippen molar-refractivity contribution in [3.05, 3.63) is 58.8 Å². The van der Waals surface area contributed by atoms with E-state index in [-0.39, 0.29) is 17.7 Å². The molecule has 1 amide bonds. The van der Waals surface area contributed by atoms with E-state index < -0.39 is 0 Å². The molecule has 1 saturated carbocycles. The van der Waals surface area contributed by atoms with E-state index in [9.17, 15) is 4.79 Å². The molecule has 1 aliphatic rings. The van der Waals surface area contributed by atoms with Crippen LogP contribution in [0.2, 0.25) is 0 Å². The second-order valence-corrected chi connectivity index (χ2v) is 8.59. The highest BCUT2D eigenvalue weighted by Crippen LogP contribution is 2.44. The van der Waals surface area contributed by atoms with Crippen LogP contribution in [0, 0.1) is 6.92 Å². The number of hydrogen-bond donors (Lipinski definition) is 1. The Morgan fingerprint density at radius 3 is 2.76 bits per heavy atom. The minimum absolute atomic E-state index is 0.0275. The highest BCUT2D eigenvalue weighted by molar-refractivity contribution is 7.13. The lowest BCUT2D eigenvalue weighted by Crippen LogP contribution is -2.40. The van der Waals surface area contributed by atoms with Crippen LogP contribution in [0.15, 0.2) is 46.2 Å². The van der Waals surface area contributed by atoms with Gasteiger partial charge in [-0.25, -0.2) is 4.98 Å². The number of methoxy groups -OCH3 is 1. The number of nitrogens with one attached hydrogen (secondary N) is 1. The zero-order valence-corrected chi connectivity index (χ0v) is 17.7. The monoisotopic (exact) mass is 410 g/mol. The lowest BCUT2D eigenvalue weighted by Gasteiger charge is -2.31. The maximum Gasteiger partial charge on any atom is 0.236 e. The van der Waals surface area contributed by atoms with Crippen molar-refractivity contribution in [2.75, 3.05) is 13.7 Å². The van der Waals surface area contributed by atoms with Gasteiger partial charge in [-0.05, 0) is 37.3 Å². The van der Waals surface area contributed by atoms with Crippen molar-refractivity contribution in [2.45, 2.75) is 44.4 Å². The molecular weight excluding hydrogens is 384 g/mol. The molecular formula is C23H26N2O3S. The van der Waals surface area contributed by atoms with E-state index in [1.165, 1.54) is 18.4 Å². The predicted octanol–water partition coefficient (Wildman–Crippen LogP) is 4.89. The molecule has 0 saturated heterocycles. The number of hydrogen-bond acceptors (Lipinski definition) is 5. The van der Waals surface area contributed by atoms with E-state index in [1.807, 2.05) is 42.6 Å². The van der Waals surface area contributed by atoms with Crippen molar-refractivity contribution in [3.63, 3.8) is 0 Å². The normalized spacial score (nSPS) is 15.4. The number of thiophene rings is 1. The number of rotatable bonds is 7. The number of para-hydroxylation sites is 1. The molecule has 29 heavy (non-hydrogen) atoms. The molecule has 1 aromatic carbocycles. The molecule has 1 fully saturated rings. The van der Waals surface area contributed by atoms with Gasteiger partial charge in [0.2, 0.25) is 11.8 Å². The number of carbonyl (C=O) groups excluding carboxylic acids is 1. The fourth-order valence-electron chi connectivity index (χ4n) is 4.26. The van der Waals surface area contributed by atoms with Crippen LogP contribution in [0.1, 0.15) is 42.7 Å². The van der Waals surface area contributed by atoms with E-state index in [1.54, 1.807) is 18.4 Å². The minimum atomic E-state index is -0.0662. The molecule has 1 N–H and O–H groups in total. The van der Waals surface area contributed by atoms with Crippen molar-refractivity contribution in [3.8, 4) is 16.5 Å². The summed E-state index contributed by atoms with van der Waals surface area (Å²) in [4.78, 5) is 18.2. The summed E-state index contributed by atoms with van der Waals surface area (Å²) in [7, 11) is 1.71. The number of amides is 1. The maximum absolute atomic E-state index is 12.7. The van der Waals surface area contributed by atoms with E-state index in [0.29, 0.717) is 23.9 Å². The van der Waals surface area contributed by atoms with Crippen molar-refractivity contribution in [2.24, 2.45) is 0 Å². The summed E-state index contributed by atoms with van der Waals surface area (Å²) in [5, 5.41) is 5.15. The van der Waals surface area contributed by atoms with Gasteiger partial charge in [-0.15, -0.1) is 11.3 Å². The highest BCUT2D eigenvalue weighted by Gasteiger charge is 2.38. The molecule has 2 heterocycles. The van der Waals surface area contributed by atoms with Gasteiger partial charge in [0.15, 0.2) is 0 Å². The summed E-state index contributed by atoms with van der Waals surface area (Å²) in [5.74, 6) is 2.15. The van der Waals surface area contributed by atoms with Crippen LogP contribution in [-0.4, -0.2) is 24.5 Å². The lowest BCUT2D eigenvalue weighted by atomic mass is 9.78. The Hall–Kier alpha value is -2.60. The third-order valence-corrected chi connectivity index (χ3v) is 6.67. The van der Waals surface area contributed by atoms with Gasteiger partial charge in [0.05, 0.1) is 24.1 Å². The first-order chi connectivity index (χ1) is 14.1. The fraction of sp³-hybridized carbons (Fsp3) is 0.391. The van der Waals surface area contributed by atoms with Gasteiger partial charge in [0.25, 0.3) is 0 Å². The van der Waals surface area contributed by atoms with Gasteiger partial charge < -0.3 is 14.5 Å². The molecule has 1 aliphatic carbocycles. The number of benzene rings is 1. The standard InChI is InChI=1S/C23H26N2O3S/c1-16-18(25-22(28-16)20-10-7-13-29-20)14-21(26)24-15-23(11-5-6-12-23)17-8-3-4-9-19(17)27-2/h3-4,7-10,13H,5-6,11-12,14-15H2,1-2H3,(H,24,26). The first-order valence-electron chi connectivity index (χ1n) is 10.0. The van der Waals surface area contributed by atoms with Crippen molar-refractivity contribution in [1.82, 2.24) is 10.3 Å². The summed E-state index contributed by atoms with van der Waals surface area (Å²) in [6.07, 6.45) is 4.67. The van der Waals surface area contributed by atoms with Crippen LogP contribution in [0.25, 0.3) is 10.8 Å². The molecule has 3 aromatic rings. The Morgan fingerprint density at radius 2 is 2.03 bits per heavy atom. The zero-order chi connectivity index (χ0) is 20.3. The lowest BCUT2D eigenvalue weighted by molar-refractivity contribution is -0.120. The predicted molar refractivity (Wildman–Crippen MR) is 114 cm³/mol. The van der Waals surface area contributed by atoms with Crippen LogP contribution in [-0.2, 0) is 16.6 Å². The third kappa shape index (κ3) is 4.08. The SMILES string of the molecule is COc1ccccc1C1(CNC(=O)Cc2nc(-c3cccs3)oc2C)CCCC1. The molecule has 0 unspecified atom stereocenters.